The molecule has 3 aliphatic rings. The molecule has 0 fully saturated rings. The fourth-order valence-electron chi connectivity index (χ4n) is 7.13. The third-order valence-electron chi connectivity index (χ3n) is 9.42. The molecule has 8 bridgehead atoms. The fourth-order valence-corrected chi connectivity index (χ4v) is 7.13. The second-order valence-electron chi connectivity index (χ2n) is 12.4. The molecule has 0 saturated carbocycles. The summed E-state index contributed by atoms with van der Waals surface area (Å²) in [5, 5.41) is 0. The van der Waals surface area contributed by atoms with E-state index in [1.807, 2.05) is 0 Å². The van der Waals surface area contributed by atoms with E-state index in [0.29, 0.717) is 0 Å². The molecule has 4 heteroatoms. The molecule has 0 atom stereocenters. The smallest absolute Gasteiger partial charge is 0.0737 e. The first-order valence-electron chi connectivity index (χ1n) is 16.4. The van der Waals surface area contributed by atoms with Gasteiger partial charge >= 0.3 is 0 Å². The maximum absolute atomic E-state index is 5.37. The van der Waals surface area contributed by atoms with Gasteiger partial charge in [-0.3, -0.25) is 4.98 Å². The summed E-state index contributed by atoms with van der Waals surface area (Å²) < 4.78 is 0. The van der Waals surface area contributed by atoms with Crippen LogP contribution in [0.5, 0.6) is 0 Å². The SMILES string of the molecule is CC1c2nc1c(-c1ccccc1)c1ccc([nH]1)c(-c1ccccc1)c1nc(c(-c3ccccc3)c3ccc([nH]3)c2-c2ccccc2)C=C1. The molecule has 2 N–H and O–H groups in total. The molecule has 0 aliphatic carbocycles. The van der Waals surface area contributed by atoms with Crippen molar-refractivity contribution in [2.45, 2.75) is 12.8 Å². The standard InChI is InChI=1S/C44H32N4/c1-28-43-41(31-18-10-4-11-19-31)37-26-24-35(46-37)39(29-14-6-2-7-15-29)33-22-23-34(45-33)40(30-16-8-3-9-17-30)36-25-27-38(47-36)42(44(28)48-43)32-20-12-5-13-21-32/h2-28,46-47H,1H3. The summed E-state index contributed by atoms with van der Waals surface area (Å²) >= 11 is 0. The van der Waals surface area contributed by atoms with Crippen molar-refractivity contribution in [1.82, 2.24) is 19.9 Å². The molecule has 3 aromatic heterocycles. The predicted molar refractivity (Wildman–Crippen MR) is 199 cm³/mol. The van der Waals surface area contributed by atoms with Crippen molar-refractivity contribution in [2.75, 3.05) is 0 Å². The highest BCUT2D eigenvalue weighted by atomic mass is 14.8. The molecule has 48 heavy (non-hydrogen) atoms. The zero-order valence-electron chi connectivity index (χ0n) is 26.5. The lowest BCUT2D eigenvalue weighted by Crippen LogP contribution is -2.15. The van der Waals surface area contributed by atoms with Crippen molar-refractivity contribution in [2.24, 2.45) is 0 Å². The minimum Gasteiger partial charge on any atom is -0.354 e. The average Bonchev–Trinajstić information content (AvgIpc) is 3.93. The minimum absolute atomic E-state index is 0.105. The monoisotopic (exact) mass is 616 g/mol. The van der Waals surface area contributed by atoms with Gasteiger partial charge in [0.2, 0.25) is 0 Å². The van der Waals surface area contributed by atoms with Gasteiger partial charge in [-0.1, -0.05) is 128 Å². The summed E-state index contributed by atoms with van der Waals surface area (Å²) in [6, 6.07) is 51.0. The number of rotatable bonds is 4. The van der Waals surface area contributed by atoms with Gasteiger partial charge in [0.1, 0.15) is 0 Å². The maximum Gasteiger partial charge on any atom is 0.0737 e. The lowest BCUT2D eigenvalue weighted by Gasteiger charge is -2.25. The van der Waals surface area contributed by atoms with Gasteiger partial charge in [0.15, 0.2) is 0 Å². The Balaban J connectivity index is 1.48. The van der Waals surface area contributed by atoms with Gasteiger partial charge in [-0.25, -0.2) is 4.98 Å². The molecule has 4 aromatic carbocycles. The molecule has 0 radical (unpaired) electrons. The fraction of sp³-hybridized carbons (Fsp3) is 0.0455. The van der Waals surface area contributed by atoms with E-state index in [1.54, 1.807) is 0 Å². The van der Waals surface area contributed by atoms with Gasteiger partial charge in [0.25, 0.3) is 0 Å². The summed E-state index contributed by atoms with van der Waals surface area (Å²) in [6.07, 6.45) is 4.29. The molecule has 0 amide bonds. The Morgan fingerprint density at radius 1 is 0.375 bits per heavy atom. The molecule has 3 aliphatic heterocycles. The third-order valence-corrected chi connectivity index (χ3v) is 9.42. The van der Waals surface area contributed by atoms with Gasteiger partial charge in [-0.05, 0) is 58.7 Å². The Kier molecular flexibility index (Phi) is 6.72. The van der Waals surface area contributed by atoms with E-state index in [1.165, 1.54) is 0 Å². The van der Waals surface area contributed by atoms with E-state index in [2.05, 4.69) is 175 Å². The highest BCUT2D eigenvalue weighted by molar-refractivity contribution is 5.97. The molecule has 0 unspecified atom stereocenters. The molecule has 10 rings (SSSR count). The Morgan fingerprint density at radius 2 is 0.688 bits per heavy atom. The van der Waals surface area contributed by atoms with Crippen molar-refractivity contribution >= 4 is 34.2 Å². The average molecular weight is 617 g/mol. The summed E-state index contributed by atoms with van der Waals surface area (Å²) in [5.41, 5.74) is 16.9. The summed E-state index contributed by atoms with van der Waals surface area (Å²) in [5.74, 6) is 0.105. The van der Waals surface area contributed by atoms with Crippen LogP contribution in [-0.4, -0.2) is 19.9 Å². The molecule has 0 saturated heterocycles. The Bertz CT molecular complexity index is 2320. The number of H-pyrrole nitrogens is 2. The van der Waals surface area contributed by atoms with Crippen LogP contribution in [0.2, 0.25) is 0 Å². The summed E-state index contributed by atoms with van der Waals surface area (Å²) in [4.78, 5) is 18.4. The molecule has 7 aromatic rings. The summed E-state index contributed by atoms with van der Waals surface area (Å²) in [7, 11) is 0. The lowest BCUT2D eigenvalue weighted by atomic mass is 9.86. The lowest BCUT2D eigenvalue weighted by molar-refractivity contribution is 0.749. The van der Waals surface area contributed by atoms with Crippen LogP contribution in [0.4, 0.5) is 0 Å². The highest BCUT2D eigenvalue weighted by Gasteiger charge is 2.29. The van der Waals surface area contributed by atoms with Crippen LogP contribution < -0.4 is 0 Å². The van der Waals surface area contributed by atoms with Gasteiger partial charge < -0.3 is 9.97 Å². The van der Waals surface area contributed by atoms with Gasteiger partial charge in [-0.15, -0.1) is 0 Å². The van der Waals surface area contributed by atoms with Crippen LogP contribution in [0.3, 0.4) is 0 Å². The van der Waals surface area contributed by atoms with E-state index in [4.69, 9.17) is 9.97 Å². The second-order valence-corrected chi connectivity index (χ2v) is 12.4. The van der Waals surface area contributed by atoms with E-state index in [-0.39, 0.29) is 5.92 Å². The Morgan fingerprint density at radius 3 is 1.02 bits per heavy atom. The van der Waals surface area contributed by atoms with E-state index in [0.717, 1.165) is 89.4 Å². The number of benzene rings is 4. The van der Waals surface area contributed by atoms with Gasteiger partial charge in [-0.2, -0.15) is 0 Å². The van der Waals surface area contributed by atoms with Crippen LogP contribution in [0.25, 0.3) is 78.7 Å². The molecule has 4 nitrogen and oxygen atoms in total. The molecule has 6 heterocycles. The van der Waals surface area contributed by atoms with Crippen molar-refractivity contribution in [3.05, 3.63) is 168 Å². The zero-order valence-corrected chi connectivity index (χ0v) is 26.5. The number of nitrogens with zero attached hydrogens (tertiary/aromatic N) is 2. The van der Waals surface area contributed by atoms with Crippen LogP contribution in [-0.2, 0) is 0 Å². The van der Waals surface area contributed by atoms with Crippen LogP contribution in [0.15, 0.2) is 146 Å². The largest absolute Gasteiger partial charge is 0.354 e. The molecular weight excluding hydrogens is 585 g/mol. The highest BCUT2D eigenvalue weighted by Crippen LogP contribution is 2.44. The van der Waals surface area contributed by atoms with Gasteiger partial charge in [0, 0.05) is 50.2 Å². The first-order valence-corrected chi connectivity index (χ1v) is 16.4. The Labute approximate surface area is 279 Å². The zero-order chi connectivity index (χ0) is 32.0. The van der Waals surface area contributed by atoms with Crippen LogP contribution >= 0.6 is 0 Å². The van der Waals surface area contributed by atoms with Crippen molar-refractivity contribution in [3.8, 4) is 44.5 Å². The number of hydrogen-bond donors (Lipinski definition) is 2. The number of aromatic amines is 2. The van der Waals surface area contributed by atoms with Crippen molar-refractivity contribution in [1.29, 1.82) is 0 Å². The van der Waals surface area contributed by atoms with Crippen molar-refractivity contribution < 1.29 is 0 Å². The number of aromatic nitrogens is 4. The second kappa shape index (κ2) is 11.5. The van der Waals surface area contributed by atoms with Crippen LogP contribution in [0, 0.1) is 0 Å². The summed E-state index contributed by atoms with van der Waals surface area (Å²) in [6.45, 7) is 2.28. The first kappa shape index (κ1) is 28.0. The van der Waals surface area contributed by atoms with E-state index in [9.17, 15) is 0 Å². The predicted octanol–water partition coefficient (Wildman–Crippen LogP) is 11.3. The molecule has 228 valence electrons. The third kappa shape index (κ3) is 4.69. The molecule has 0 spiro atoms. The topological polar surface area (TPSA) is 57.4 Å². The minimum atomic E-state index is 0.105. The van der Waals surface area contributed by atoms with Gasteiger partial charge in [0.05, 0.1) is 22.8 Å². The van der Waals surface area contributed by atoms with Crippen LogP contribution in [0.1, 0.15) is 35.6 Å². The normalized spacial score (nSPS) is 12.5. The Hall–Kier alpha value is -6.26. The van der Waals surface area contributed by atoms with Crippen molar-refractivity contribution in [3.63, 3.8) is 0 Å². The number of nitrogens with one attached hydrogen (secondary N) is 2. The quantitative estimate of drug-likeness (QED) is 0.207. The van der Waals surface area contributed by atoms with E-state index < -0.39 is 0 Å². The van der Waals surface area contributed by atoms with E-state index >= 15 is 0 Å². The maximum atomic E-state index is 5.37. The molecular formula is C44H32N4. The number of hydrogen-bond acceptors (Lipinski definition) is 2. The first-order chi connectivity index (χ1) is 23.7.